The van der Waals surface area contributed by atoms with E-state index in [0.717, 1.165) is 30.4 Å². The van der Waals surface area contributed by atoms with Crippen LogP contribution in [0.4, 0.5) is 0 Å². The number of carbonyl (C=O) groups excluding carboxylic acids is 1. The Morgan fingerprint density at radius 3 is 3.00 bits per heavy atom. The third-order valence-corrected chi connectivity index (χ3v) is 4.45. The predicted octanol–water partition coefficient (Wildman–Crippen LogP) is 3.11. The third kappa shape index (κ3) is 3.03. The Balaban J connectivity index is 1.54. The summed E-state index contributed by atoms with van der Waals surface area (Å²) >= 11 is 0. The van der Waals surface area contributed by atoms with Gasteiger partial charge in [0.05, 0.1) is 6.04 Å². The summed E-state index contributed by atoms with van der Waals surface area (Å²) in [6, 6.07) is 11.5. The van der Waals surface area contributed by atoms with Crippen molar-refractivity contribution in [1.29, 1.82) is 0 Å². The molecular formula is C19H18N4O2. The Hall–Kier alpha value is -3.02. The van der Waals surface area contributed by atoms with Gasteiger partial charge in [-0.2, -0.15) is 4.98 Å². The highest BCUT2D eigenvalue weighted by molar-refractivity contribution is 5.92. The fourth-order valence-corrected chi connectivity index (χ4v) is 3.15. The van der Waals surface area contributed by atoms with Gasteiger partial charge in [-0.15, -0.1) is 0 Å². The van der Waals surface area contributed by atoms with E-state index < -0.39 is 0 Å². The maximum absolute atomic E-state index is 12.3. The van der Waals surface area contributed by atoms with Crippen molar-refractivity contribution < 1.29 is 9.32 Å². The molecule has 6 heteroatoms. The highest BCUT2D eigenvalue weighted by Gasteiger charge is 2.25. The number of aromatic nitrogens is 3. The smallest absolute Gasteiger partial charge is 0.270 e. The fraction of sp³-hybridized carbons (Fsp3) is 0.263. The lowest BCUT2D eigenvalue weighted by Crippen LogP contribution is -2.27. The summed E-state index contributed by atoms with van der Waals surface area (Å²) in [6.45, 7) is 1.98. The lowest BCUT2D eigenvalue weighted by atomic mass is 10.0. The number of nitrogens with zero attached hydrogens (tertiary/aromatic N) is 3. The molecule has 0 bridgehead atoms. The van der Waals surface area contributed by atoms with E-state index in [2.05, 4.69) is 26.5 Å². The molecule has 0 fully saturated rings. The van der Waals surface area contributed by atoms with Gasteiger partial charge in [-0.05, 0) is 42.2 Å². The fourth-order valence-electron chi connectivity index (χ4n) is 3.15. The molecule has 25 heavy (non-hydrogen) atoms. The molecule has 0 radical (unpaired) electrons. The molecule has 1 amide bonds. The molecule has 6 nitrogen and oxygen atoms in total. The number of pyridine rings is 1. The van der Waals surface area contributed by atoms with Crippen LogP contribution in [0.15, 0.2) is 47.1 Å². The van der Waals surface area contributed by atoms with Crippen LogP contribution in [0.2, 0.25) is 0 Å². The molecule has 126 valence electrons. The zero-order valence-electron chi connectivity index (χ0n) is 13.9. The normalized spacial score (nSPS) is 15.8. The Labute approximate surface area is 145 Å². The molecule has 2 aromatic heterocycles. The van der Waals surface area contributed by atoms with Crippen LogP contribution in [0.5, 0.6) is 0 Å². The van der Waals surface area contributed by atoms with Gasteiger partial charge in [-0.3, -0.25) is 9.78 Å². The molecule has 0 unspecified atom stereocenters. The molecular weight excluding hydrogens is 316 g/mol. The Kier molecular flexibility index (Phi) is 4.01. The molecule has 0 saturated heterocycles. The van der Waals surface area contributed by atoms with Crippen molar-refractivity contribution in [3.05, 3.63) is 65.3 Å². The van der Waals surface area contributed by atoms with Gasteiger partial charge in [-0.25, -0.2) is 0 Å². The van der Waals surface area contributed by atoms with E-state index in [1.54, 1.807) is 18.3 Å². The van der Waals surface area contributed by atoms with Gasteiger partial charge >= 0.3 is 0 Å². The minimum Gasteiger partial charge on any atom is -0.344 e. The van der Waals surface area contributed by atoms with Crippen molar-refractivity contribution in [1.82, 2.24) is 20.4 Å². The van der Waals surface area contributed by atoms with E-state index in [9.17, 15) is 4.79 Å². The lowest BCUT2D eigenvalue weighted by Gasteiger charge is -2.14. The summed E-state index contributed by atoms with van der Waals surface area (Å²) in [5, 5.41) is 7.10. The van der Waals surface area contributed by atoms with Crippen LogP contribution < -0.4 is 5.32 Å². The van der Waals surface area contributed by atoms with Gasteiger partial charge in [0, 0.05) is 18.2 Å². The van der Waals surface area contributed by atoms with Gasteiger partial charge in [0.1, 0.15) is 5.69 Å². The first kappa shape index (κ1) is 15.5. The molecule has 1 N–H and O–H groups in total. The molecule has 1 aliphatic rings. The number of rotatable bonds is 4. The van der Waals surface area contributed by atoms with Gasteiger partial charge in [0.15, 0.2) is 0 Å². The minimum absolute atomic E-state index is 0.00928. The van der Waals surface area contributed by atoms with Gasteiger partial charge in [0.2, 0.25) is 11.7 Å². The number of fused-ring (bicyclic) bond motifs is 1. The van der Waals surface area contributed by atoms with Crippen LogP contribution in [-0.2, 0) is 12.8 Å². The topological polar surface area (TPSA) is 80.9 Å². The molecule has 1 aliphatic carbocycles. The molecule has 1 atom stereocenters. The summed E-state index contributed by atoms with van der Waals surface area (Å²) in [7, 11) is 0. The summed E-state index contributed by atoms with van der Waals surface area (Å²) in [4.78, 5) is 20.8. The largest absolute Gasteiger partial charge is 0.344 e. The van der Waals surface area contributed by atoms with Gasteiger partial charge in [0.25, 0.3) is 5.91 Å². The third-order valence-electron chi connectivity index (χ3n) is 4.45. The average molecular weight is 334 g/mol. The Bertz CT molecular complexity index is 905. The van der Waals surface area contributed by atoms with E-state index in [1.165, 1.54) is 5.56 Å². The van der Waals surface area contributed by atoms with Crippen LogP contribution in [0.3, 0.4) is 0 Å². The van der Waals surface area contributed by atoms with E-state index in [0.29, 0.717) is 17.4 Å². The van der Waals surface area contributed by atoms with Crippen molar-refractivity contribution in [2.24, 2.45) is 0 Å². The zero-order chi connectivity index (χ0) is 17.2. The summed E-state index contributed by atoms with van der Waals surface area (Å²) in [5.74, 6) is 1.10. The van der Waals surface area contributed by atoms with Crippen LogP contribution in [-0.4, -0.2) is 21.0 Å². The van der Waals surface area contributed by atoms with E-state index in [1.807, 2.05) is 25.1 Å². The predicted molar refractivity (Wildman–Crippen MR) is 91.9 cm³/mol. The van der Waals surface area contributed by atoms with Gasteiger partial charge in [-0.1, -0.05) is 30.3 Å². The number of nitrogens with one attached hydrogen (secondary N) is 1. The molecule has 3 aromatic rings. The molecule has 0 saturated carbocycles. The van der Waals surface area contributed by atoms with Crippen LogP contribution >= 0.6 is 0 Å². The number of carbonyl (C=O) groups is 1. The Morgan fingerprint density at radius 1 is 1.32 bits per heavy atom. The number of amides is 1. The number of benzene rings is 1. The first-order valence-electron chi connectivity index (χ1n) is 8.42. The zero-order valence-corrected chi connectivity index (χ0v) is 13.9. The van der Waals surface area contributed by atoms with Crippen LogP contribution in [0.1, 0.15) is 46.9 Å². The molecule has 2 heterocycles. The number of hydrogen-bond acceptors (Lipinski definition) is 5. The monoisotopic (exact) mass is 334 g/mol. The summed E-state index contributed by atoms with van der Waals surface area (Å²) < 4.78 is 5.19. The lowest BCUT2D eigenvalue weighted by molar-refractivity contribution is 0.0931. The molecule has 1 aromatic carbocycles. The Morgan fingerprint density at radius 2 is 2.24 bits per heavy atom. The summed E-state index contributed by atoms with van der Waals surface area (Å²) in [6.07, 6.45) is 4.14. The number of aryl methyl sites for hydroxylation is 2. The average Bonchev–Trinajstić information content (AvgIpc) is 3.29. The maximum atomic E-state index is 12.3. The second kappa shape index (κ2) is 6.47. The maximum Gasteiger partial charge on any atom is 0.270 e. The van der Waals surface area contributed by atoms with Crippen molar-refractivity contribution >= 4 is 5.91 Å². The van der Waals surface area contributed by atoms with Gasteiger partial charge < -0.3 is 9.84 Å². The van der Waals surface area contributed by atoms with Crippen LogP contribution in [0, 0.1) is 0 Å². The quantitative estimate of drug-likeness (QED) is 0.793. The summed E-state index contributed by atoms with van der Waals surface area (Å²) in [5.41, 5.74) is 3.74. The van der Waals surface area contributed by atoms with E-state index >= 15 is 0 Å². The van der Waals surface area contributed by atoms with E-state index in [4.69, 9.17) is 4.52 Å². The highest BCUT2D eigenvalue weighted by atomic mass is 16.5. The second-order valence-corrected chi connectivity index (χ2v) is 6.06. The van der Waals surface area contributed by atoms with Crippen molar-refractivity contribution in [2.75, 3.05) is 0 Å². The van der Waals surface area contributed by atoms with E-state index in [-0.39, 0.29) is 11.9 Å². The van der Waals surface area contributed by atoms with Crippen molar-refractivity contribution in [3.63, 3.8) is 0 Å². The first-order chi connectivity index (χ1) is 12.2. The second-order valence-electron chi connectivity index (χ2n) is 6.06. The minimum atomic E-state index is -0.145. The number of hydrogen-bond donors (Lipinski definition) is 1. The molecule has 0 aliphatic heterocycles. The van der Waals surface area contributed by atoms with Crippen molar-refractivity contribution in [2.45, 2.75) is 32.2 Å². The highest BCUT2D eigenvalue weighted by Crippen LogP contribution is 2.33. The van der Waals surface area contributed by atoms with Crippen molar-refractivity contribution in [3.8, 4) is 11.4 Å². The standard InChI is InChI=1S/C19H18N4O2/c1-2-17-22-18(23-25-17)13-6-8-14-12(11-13)7-9-15(14)21-19(24)16-5-3-4-10-20-16/h3-6,8,10-11,15H,2,7,9H2,1H3,(H,21,24)/t15-/m1/s1. The first-order valence-corrected chi connectivity index (χ1v) is 8.42. The SMILES string of the molecule is CCc1nc(-c2ccc3c(c2)CC[C@H]3NC(=O)c2ccccn2)no1. The molecule has 0 spiro atoms. The molecule has 4 rings (SSSR count). The van der Waals surface area contributed by atoms with Crippen LogP contribution in [0.25, 0.3) is 11.4 Å².